The summed E-state index contributed by atoms with van der Waals surface area (Å²) in [6.45, 7) is 5.70. The number of benzene rings is 1. The molecule has 0 aromatic heterocycles. The van der Waals surface area contributed by atoms with Gasteiger partial charge in [-0.05, 0) is 44.2 Å². The number of guanidine groups is 1. The Bertz CT molecular complexity index is 478. The lowest BCUT2D eigenvalue weighted by atomic mass is 10.2. The van der Waals surface area contributed by atoms with Gasteiger partial charge in [0.1, 0.15) is 0 Å². The van der Waals surface area contributed by atoms with Crippen LogP contribution in [0, 0.1) is 12.8 Å². The van der Waals surface area contributed by atoms with Gasteiger partial charge in [0.05, 0.1) is 0 Å². The van der Waals surface area contributed by atoms with E-state index in [4.69, 9.17) is 4.74 Å². The number of hydrogen-bond donors (Lipinski definition) is 2. The first-order valence-electron chi connectivity index (χ1n) is 8.49. The molecule has 0 unspecified atom stereocenters. The molecule has 0 heterocycles. The fraction of sp³-hybridized carbons (Fsp3) is 0.611. The highest BCUT2D eigenvalue weighted by Gasteiger charge is 2.20. The molecule has 1 aromatic rings. The molecule has 0 saturated heterocycles. The van der Waals surface area contributed by atoms with Gasteiger partial charge in [0.15, 0.2) is 5.96 Å². The van der Waals surface area contributed by atoms with Crippen LogP contribution in [0.3, 0.4) is 0 Å². The van der Waals surface area contributed by atoms with Crippen LogP contribution in [0.2, 0.25) is 0 Å². The van der Waals surface area contributed by atoms with Gasteiger partial charge in [0, 0.05) is 44.0 Å². The summed E-state index contributed by atoms with van der Waals surface area (Å²) in [6.07, 6.45) is 3.73. The fourth-order valence-corrected chi connectivity index (χ4v) is 2.88. The van der Waals surface area contributed by atoms with Crippen molar-refractivity contribution in [3.8, 4) is 0 Å². The summed E-state index contributed by atoms with van der Waals surface area (Å²) in [5.41, 5.74) is 1.30. The number of rotatable bonds is 10. The normalized spacial score (nSPS) is 14.2. The predicted octanol–water partition coefficient (Wildman–Crippen LogP) is 3.69. The van der Waals surface area contributed by atoms with Crippen LogP contribution in [-0.4, -0.2) is 45.1 Å². The summed E-state index contributed by atoms with van der Waals surface area (Å²) >= 11 is 1.86. The molecule has 1 fully saturated rings. The highest BCUT2D eigenvalue weighted by Crippen LogP contribution is 2.28. The third kappa shape index (κ3) is 9.74. The molecule has 2 N–H and O–H groups in total. The Kier molecular flexibility index (Phi) is 11.5. The van der Waals surface area contributed by atoms with Crippen molar-refractivity contribution in [3.05, 3.63) is 29.8 Å². The van der Waals surface area contributed by atoms with E-state index in [9.17, 15) is 0 Å². The smallest absolute Gasteiger partial charge is 0.191 e. The van der Waals surface area contributed by atoms with E-state index in [1.165, 1.54) is 23.3 Å². The van der Waals surface area contributed by atoms with Crippen LogP contribution in [0.4, 0.5) is 0 Å². The van der Waals surface area contributed by atoms with Crippen LogP contribution in [-0.2, 0) is 4.74 Å². The lowest BCUT2D eigenvalue weighted by molar-refractivity contribution is 0.123. The summed E-state index contributed by atoms with van der Waals surface area (Å²) in [5.74, 6) is 2.74. The molecular weight excluding hydrogens is 433 g/mol. The number of halogens is 1. The van der Waals surface area contributed by atoms with E-state index in [0.29, 0.717) is 0 Å². The minimum Gasteiger partial charge on any atom is -0.381 e. The zero-order chi connectivity index (χ0) is 16.3. The topological polar surface area (TPSA) is 45.7 Å². The van der Waals surface area contributed by atoms with Crippen LogP contribution in [0.1, 0.15) is 24.8 Å². The maximum Gasteiger partial charge on any atom is 0.191 e. The Morgan fingerprint density at radius 2 is 1.92 bits per heavy atom. The van der Waals surface area contributed by atoms with E-state index in [1.807, 2.05) is 18.8 Å². The van der Waals surface area contributed by atoms with Crippen LogP contribution < -0.4 is 10.6 Å². The van der Waals surface area contributed by atoms with E-state index in [-0.39, 0.29) is 24.0 Å². The van der Waals surface area contributed by atoms with Gasteiger partial charge in [-0.15, -0.1) is 35.7 Å². The van der Waals surface area contributed by atoms with Gasteiger partial charge in [0.25, 0.3) is 0 Å². The molecule has 0 bridgehead atoms. The summed E-state index contributed by atoms with van der Waals surface area (Å²) in [7, 11) is 1.81. The van der Waals surface area contributed by atoms with Gasteiger partial charge in [-0.2, -0.15) is 0 Å². The number of hydrogen-bond acceptors (Lipinski definition) is 3. The van der Waals surface area contributed by atoms with Crippen molar-refractivity contribution in [1.29, 1.82) is 0 Å². The second kappa shape index (κ2) is 12.8. The molecule has 24 heavy (non-hydrogen) atoms. The fourth-order valence-electron chi connectivity index (χ4n) is 2.11. The zero-order valence-corrected chi connectivity index (χ0v) is 17.9. The minimum absolute atomic E-state index is 0. The van der Waals surface area contributed by atoms with Crippen LogP contribution >= 0.6 is 35.7 Å². The van der Waals surface area contributed by atoms with Crippen molar-refractivity contribution < 1.29 is 4.74 Å². The number of thioether (sulfide) groups is 1. The SMILES string of the molecule is CN=C(NCCCOCC1CC1)NCCSc1ccc(C)cc1.I. The number of aryl methyl sites for hydroxylation is 1. The molecule has 2 rings (SSSR count). The first kappa shape index (κ1) is 21.6. The third-order valence-corrected chi connectivity index (χ3v) is 4.73. The summed E-state index contributed by atoms with van der Waals surface area (Å²) < 4.78 is 5.63. The maximum absolute atomic E-state index is 5.63. The van der Waals surface area contributed by atoms with Gasteiger partial charge in [-0.3, -0.25) is 4.99 Å². The molecule has 1 aliphatic rings. The highest BCUT2D eigenvalue weighted by atomic mass is 127. The molecule has 0 radical (unpaired) electrons. The number of nitrogens with zero attached hydrogens (tertiary/aromatic N) is 1. The van der Waals surface area contributed by atoms with E-state index < -0.39 is 0 Å². The Hall–Kier alpha value is -0.470. The Morgan fingerprint density at radius 1 is 1.21 bits per heavy atom. The Labute approximate surface area is 167 Å². The molecule has 6 heteroatoms. The van der Waals surface area contributed by atoms with E-state index in [0.717, 1.165) is 50.4 Å². The molecule has 1 aromatic carbocycles. The maximum atomic E-state index is 5.63. The van der Waals surface area contributed by atoms with Crippen LogP contribution in [0.15, 0.2) is 34.2 Å². The lowest BCUT2D eigenvalue weighted by Gasteiger charge is -2.12. The second-order valence-electron chi connectivity index (χ2n) is 5.96. The second-order valence-corrected chi connectivity index (χ2v) is 7.13. The van der Waals surface area contributed by atoms with Crippen LogP contribution in [0.25, 0.3) is 0 Å². The van der Waals surface area contributed by atoms with Gasteiger partial charge in [0.2, 0.25) is 0 Å². The first-order chi connectivity index (χ1) is 11.3. The molecule has 0 aliphatic heterocycles. The van der Waals surface area contributed by atoms with Gasteiger partial charge in [-0.1, -0.05) is 17.7 Å². The summed E-state index contributed by atoms with van der Waals surface area (Å²) in [4.78, 5) is 5.56. The van der Waals surface area contributed by atoms with Crippen molar-refractivity contribution in [2.75, 3.05) is 39.1 Å². The average Bonchev–Trinajstić information content (AvgIpc) is 3.38. The van der Waals surface area contributed by atoms with Crippen molar-refractivity contribution in [1.82, 2.24) is 10.6 Å². The van der Waals surface area contributed by atoms with E-state index >= 15 is 0 Å². The van der Waals surface area contributed by atoms with Crippen molar-refractivity contribution in [2.45, 2.75) is 31.1 Å². The molecule has 0 atom stereocenters. The van der Waals surface area contributed by atoms with Crippen molar-refractivity contribution >= 4 is 41.7 Å². The number of nitrogens with one attached hydrogen (secondary N) is 2. The van der Waals surface area contributed by atoms with Crippen molar-refractivity contribution in [2.24, 2.45) is 10.9 Å². The molecular formula is C18H30IN3OS. The zero-order valence-electron chi connectivity index (χ0n) is 14.7. The molecule has 1 saturated carbocycles. The Balaban J connectivity index is 0.00000288. The minimum atomic E-state index is 0. The Morgan fingerprint density at radius 3 is 2.58 bits per heavy atom. The summed E-state index contributed by atoms with van der Waals surface area (Å²) in [6, 6.07) is 8.66. The number of aliphatic imine (C=N–C) groups is 1. The van der Waals surface area contributed by atoms with Crippen LogP contribution in [0.5, 0.6) is 0 Å². The van der Waals surface area contributed by atoms with Gasteiger partial charge >= 0.3 is 0 Å². The summed E-state index contributed by atoms with van der Waals surface area (Å²) in [5, 5.41) is 6.68. The molecule has 0 spiro atoms. The average molecular weight is 463 g/mol. The highest BCUT2D eigenvalue weighted by molar-refractivity contribution is 14.0. The molecule has 0 amide bonds. The van der Waals surface area contributed by atoms with E-state index in [2.05, 4.69) is 46.8 Å². The first-order valence-corrected chi connectivity index (χ1v) is 9.48. The van der Waals surface area contributed by atoms with E-state index in [1.54, 1.807) is 0 Å². The largest absolute Gasteiger partial charge is 0.381 e. The van der Waals surface area contributed by atoms with Crippen molar-refractivity contribution in [3.63, 3.8) is 0 Å². The molecule has 136 valence electrons. The lowest BCUT2D eigenvalue weighted by Crippen LogP contribution is -2.39. The quantitative estimate of drug-likeness (QED) is 0.183. The number of ether oxygens (including phenoxy) is 1. The van der Waals surface area contributed by atoms with Gasteiger partial charge < -0.3 is 15.4 Å². The third-order valence-electron chi connectivity index (χ3n) is 3.72. The predicted molar refractivity (Wildman–Crippen MR) is 115 cm³/mol. The molecule has 1 aliphatic carbocycles. The van der Waals surface area contributed by atoms with Gasteiger partial charge in [-0.25, -0.2) is 0 Å². The molecule has 4 nitrogen and oxygen atoms in total. The standard InChI is InChI=1S/C18H29N3OS.HI/c1-15-4-8-17(9-5-15)23-13-11-21-18(19-2)20-10-3-12-22-14-16-6-7-16;/h4-5,8-9,16H,3,6-7,10-14H2,1-2H3,(H2,19,20,21);1H. The monoisotopic (exact) mass is 463 g/mol.